The van der Waals surface area contributed by atoms with Gasteiger partial charge in [0, 0.05) is 17.8 Å². The number of hydrogen-bond acceptors (Lipinski definition) is 6. The van der Waals surface area contributed by atoms with Crippen molar-refractivity contribution >= 4 is 23.3 Å². The molecule has 7 nitrogen and oxygen atoms in total. The van der Waals surface area contributed by atoms with Crippen LogP contribution < -0.4 is 14.8 Å². The average Bonchev–Trinajstić information content (AvgIpc) is 3.15. The Bertz CT molecular complexity index is 1000. The third kappa shape index (κ3) is 4.82. The van der Waals surface area contributed by atoms with E-state index in [9.17, 15) is 4.79 Å². The highest BCUT2D eigenvalue weighted by atomic mass is 32.2. The molecule has 29 heavy (non-hydrogen) atoms. The Hall–Kier alpha value is -2.74. The van der Waals surface area contributed by atoms with Gasteiger partial charge in [-0.1, -0.05) is 31.2 Å². The number of hydrogen-bond donors (Lipinski definition) is 1. The molecule has 2 heterocycles. The van der Waals surface area contributed by atoms with Crippen molar-refractivity contribution < 1.29 is 14.3 Å². The Morgan fingerprint density at radius 2 is 2.00 bits per heavy atom. The number of aromatic nitrogens is 3. The van der Waals surface area contributed by atoms with Crippen molar-refractivity contribution in [3.05, 3.63) is 36.2 Å². The molecule has 0 unspecified atom stereocenters. The minimum Gasteiger partial charge on any atom is -0.493 e. The van der Waals surface area contributed by atoms with Gasteiger partial charge in [-0.25, -0.2) is 9.50 Å². The van der Waals surface area contributed by atoms with Gasteiger partial charge in [-0.2, -0.15) is 5.10 Å². The van der Waals surface area contributed by atoms with Crippen LogP contribution in [0.25, 0.3) is 16.8 Å². The topological polar surface area (TPSA) is 77.8 Å². The van der Waals surface area contributed by atoms with Crippen LogP contribution in [0.5, 0.6) is 11.5 Å². The van der Waals surface area contributed by atoms with E-state index in [1.165, 1.54) is 11.8 Å². The van der Waals surface area contributed by atoms with Crippen molar-refractivity contribution in [3.63, 3.8) is 0 Å². The molecule has 3 aromatic rings. The number of methoxy groups -OCH3 is 2. The first-order valence-electron chi connectivity index (χ1n) is 9.54. The summed E-state index contributed by atoms with van der Waals surface area (Å²) in [5.41, 5.74) is 3.44. The molecule has 1 N–H and O–H groups in total. The van der Waals surface area contributed by atoms with Crippen LogP contribution >= 0.6 is 11.8 Å². The predicted molar refractivity (Wildman–Crippen MR) is 115 cm³/mol. The number of carbonyl (C=O) groups excluding carboxylic acids is 1. The van der Waals surface area contributed by atoms with Crippen molar-refractivity contribution in [1.82, 2.24) is 19.9 Å². The van der Waals surface area contributed by atoms with E-state index in [4.69, 9.17) is 9.47 Å². The summed E-state index contributed by atoms with van der Waals surface area (Å²) in [7, 11) is 3.22. The Morgan fingerprint density at radius 3 is 2.72 bits per heavy atom. The van der Waals surface area contributed by atoms with Gasteiger partial charge >= 0.3 is 0 Å². The second kappa shape index (κ2) is 9.65. The summed E-state index contributed by atoms with van der Waals surface area (Å²) in [5.74, 6) is 1.68. The first-order chi connectivity index (χ1) is 14.1. The molecule has 0 bridgehead atoms. The van der Waals surface area contributed by atoms with Crippen molar-refractivity contribution in [2.24, 2.45) is 0 Å². The Labute approximate surface area is 174 Å². The van der Waals surface area contributed by atoms with Crippen LogP contribution in [0.1, 0.15) is 25.5 Å². The lowest BCUT2D eigenvalue weighted by Gasteiger charge is -2.10. The highest BCUT2D eigenvalue weighted by Gasteiger charge is 2.15. The van der Waals surface area contributed by atoms with Gasteiger partial charge < -0.3 is 14.8 Å². The number of rotatable bonds is 9. The lowest BCUT2D eigenvalue weighted by Crippen LogP contribution is -2.26. The van der Waals surface area contributed by atoms with Crippen LogP contribution in [0, 0.1) is 6.92 Å². The molecule has 0 aliphatic rings. The van der Waals surface area contributed by atoms with Crippen molar-refractivity contribution in [2.45, 2.75) is 31.7 Å². The number of ether oxygens (including phenoxy) is 2. The van der Waals surface area contributed by atoms with Gasteiger partial charge in [0.2, 0.25) is 5.91 Å². The number of aryl methyl sites for hydroxylation is 1. The average molecular weight is 415 g/mol. The summed E-state index contributed by atoms with van der Waals surface area (Å²) in [6.07, 6.45) is 3.83. The summed E-state index contributed by atoms with van der Waals surface area (Å²) in [4.78, 5) is 16.7. The quantitative estimate of drug-likeness (QED) is 0.327. The second-order valence-corrected chi connectivity index (χ2v) is 7.59. The normalized spacial score (nSPS) is 10.9. The third-order valence-electron chi connectivity index (χ3n) is 4.47. The highest BCUT2D eigenvalue weighted by Crippen LogP contribution is 2.34. The van der Waals surface area contributed by atoms with Gasteiger partial charge in [0.15, 0.2) is 17.1 Å². The first kappa shape index (κ1) is 21.0. The number of unbranched alkanes of at least 4 members (excludes halogenated alkanes) is 1. The molecule has 3 rings (SSSR count). The molecule has 0 atom stereocenters. The Morgan fingerprint density at radius 1 is 1.21 bits per heavy atom. The van der Waals surface area contributed by atoms with E-state index >= 15 is 0 Å². The van der Waals surface area contributed by atoms with Crippen LogP contribution in [0.2, 0.25) is 0 Å². The van der Waals surface area contributed by atoms with E-state index in [0.29, 0.717) is 23.8 Å². The van der Waals surface area contributed by atoms with Crippen molar-refractivity contribution in [1.29, 1.82) is 0 Å². The van der Waals surface area contributed by atoms with Gasteiger partial charge in [-0.15, -0.1) is 0 Å². The zero-order chi connectivity index (χ0) is 20.8. The summed E-state index contributed by atoms with van der Waals surface area (Å²) < 4.78 is 12.5. The molecule has 0 fully saturated rings. The van der Waals surface area contributed by atoms with Crippen LogP contribution in [0.3, 0.4) is 0 Å². The molecule has 1 amide bonds. The fourth-order valence-corrected chi connectivity index (χ4v) is 3.85. The van der Waals surface area contributed by atoms with E-state index in [1.54, 1.807) is 24.9 Å². The molecule has 1 aromatic carbocycles. The van der Waals surface area contributed by atoms with E-state index < -0.39 is 0 Å². The maximum absolute atomic E-state index is 12.1. The maximum Gasteiger partial charge on any atom is 0.230 e. The number of amides is 1. The van der Waals surface area contributed by atoms with Gasteiger partial charge in [-0.05, 0) is 37.1 Å². The van der Waals surface area contributed by atoms with E-state index in [-0.39, 0.29) is 5.91 Å². The smallest absolute Gasteiger partial charge is 0.230 e. The second-order valence-electron chi connectivity index (χ2n) is 6.59. The third-order valence-corrected chi connectivity index (χ3v) is 5.46. The van der Waals surface area contributed by atoms with Gasteiger partial charge in [0.05, 0.1) is 26.2 Å². The van der Waals surface area contributed by atoms with Gasteiger partial charge in [0.25, 0.3) is 0 Å². The molecule has 0 aliphatic heterocycles. The molecule has 8 heteroatoms. The summed E-state index contributed by atoms with van der Waals surface area (Å²) in [5, 5.41) is 8.34. The zero-order valence-corrected chi connectivity index (χ0v) is 18.0. The van der Waals surface area contributed by atoms with Crippen LogP contribution in [0.15, 0.2) is 35.5 Å². The largest absolute Gasteiger partial charge is 0.493 e. The van der Waals surface area contributed by atoms with Crippen LogP contribution in [-0.2, 0) is 4.79 Å². The number of thioether (sulfide) groups is 1. The fourth-order valence-electron chi connectivity index (χ4n) is 2.96. The van der Waals surface area contributed by atoms with Gasteiger partial charge in [0.1, 0.15) is 5.03 Å². The minimum atomic E-state index is 0.0262. The van der Waals surface area contributed by atoms with E-state index in [2.05, 4.69) is 22.3 Å². The van der Waals surface area contributed by atoms with Crippen molar-refractivity contribution in [3.8, 4) is 22.6 Å². The standard InChI is InChI=1S/C21H26N4O3S/c1-5-6-9-22-19(26)13-29-20-10-14(2)24-21-16(12-23-25(20)21)15-7-8-17(27-3)18(11-15)28-4/h7-8,10-12H,5-6,9,13H2,1-4H3,(H,22,26). The molecular weight excluding hydrogens is 388 g/mol. The molecule has 0 saturated heterocycles. The summed E-state index contributed by atoms with van der Waals surface area (Å²) in [6.45, 7) is 4.76. The number of nitrogens with one attached hydrogen (secondary N) is 1. The molecule has 0 saturated carbocycles. The predicted octanol–water partition coefficient (Wildman–Crippen LogP) is 3.73. The molecule has 0 spiro atoms. The molecule has 154 valence electrons. The SMILES string of the molecule is CCCCNC(=O)CSc1cc(C)nc2c(-c3ccc(OC)c(OC)c3)cnn12. The first-order valence-corrected chi connectivity index (χ1v) is 10.5. The Balaban J connectivity index is 1.88. The number of nitrogens with zero attached hydrogens (tertiary/aromatic N) is 3. The summed E-state index contributed by atoms with van der Waals surface area (Å²) in [6, 6.07) is 7.68. The molecule has 2 aromatic heterocycles. The van der Waals surface area contributed by atoms with Crippen molar-refractivity contribution in [2.75, 3.05) is 26.5 Å². The fraction of sp³-hybridized carbons (Fsp3) is 0.381. The van der Waals surface area contributed by atoms with Gasteiger partial charge in [-0.3, -0.25) is 4.79 Å². The maximum atomic E-state index is 12.1. The highest BCUT2D eigenvalue weighted by molar-refractivity contribution is 7.99. The number of benzene rings is 1. The monoisotopic (exact) mass is 414 g/mol. The van der Waals surface area contributed by atoms with E-state index in [1.807, 2.05) is 31.2 Å². The molecule has 0 aliphatic carbocycles. The minimum absolute atomic E-state index is 0.0262. The molecule has 0 radical (unpaired) electrons. The van der Waals surface area contributed by atoms with Crippen LogP contribution in [0.4, 0.5) is 0 Å². The zero-order valence-electron chi connectivity index (χ0n) is 17.2. The molecular formula is C21H26N4O3S. The number of fused-ring (bicyclic) bond motifs is 1. The van der Waals surface area contributed by atoms with E-state index in [0.717, 1.165) is 40.3 Å². The lowest BCUT2D eigenvalue weighted by molar-refractivity contribution is -0.118. The Kier molecular flexibility index (Phi) is 6.98. The lowest BCUT2D eigenvalue weighted by atomic mass is 10.1. The number of carbonyl (C=O) groups is 1. The summed E-state index contributed by atoms with van der Waals surface area (Å²) >= 11 is 1.46. The van der Waals surface area contributed by atoms with Crippen LogP contribution in [-0.4, -0.2) is 47.0 Å².